The standard InChI is InChI=1S/C22H20FN3O2S/c23-15-5-6-18-19(13-15)24-29-20(18)14-7-9-25(10-8-14)11-12-26-21(27)16-3-1-2-4-17(16)22(26)28/h1-6,13-14H,7-12H2. The van der Waals surface area contributed by atoms with Gasteiger partial charge in [0.05, 0.1) is 16.6 Å². The van der Waals surface area contributed by atoms with E-state index in [0.29, 0.717) is 30.1 Å². The molecule has 2 aliphatic heterocycles. The van der Waals surface area contributed by atoms with Gasteiger partial charge in [-0.15, -0.1) is 0 Å². The molecule has 0 radical (unpaired) electrons. The van der Waals surface area contributed by atoms with Crippen molar-refractivity contribution in [1.29, 1.82) is 0 Å². The number of nitrogens with zero attached hydrogens (tertiary/aromatic N) is 3. The van der Waals surface area contributed by atoms with Gasteiger partial charge < -0.3 is 4.90 Å². The lowest BCUT2D eigenvalue weighted by molar-refractivity contribution is 0.0630. The van der Waals surface area contributed by atoms with Crippen molar-refractivity contribution < 1.29 is 14.0 Å². The molecule has 3 aromatic rings. The topological polar surface area (TPSA) is 53.5 Å². The Morgan fingerprint density at radius 1 is 1.00 bits per heavy atom. The van der Waals surface area contributed by atoms with Gasteiger partial charge in [-0.25, -0.2) is 4.39 Å². The summed E-state index contributed by atoms with van der Waals surface area (Å²) in [5.41, 5.74) is 1.74. The molecule has 0 atom stereocenters. The second kappa shape index (κ2) is 7.31. The van der Waals surface area contributed by atoms with Crippen molar-refractivity contribution in [3.63, 3.8) is 0 Å². The fourth-order valence-corrected chi connectivity index (χ4v) is 5.34. The van der Waals surface area contributed by atoms with E-state index in [1.165, 1.54) is 33.4 Å². The summed E-state index contributed by atoms with van der Waals surface area (Å²) in [5, 5.41) is 1.06. The van der Waals surface area contributed by atoms with Crippen molar-refractivity contribution >= 4 is 34.2 Å². The minimum atomic E-state index is -0.252. The number of benzene rings is 2. The quantitative estimate of drug-likeness (QED) is 0.613. The van der Waals surface area contributed by atoms with Gasteiger partial charge in [0, 0.05) is 29.4 Å². The first kappa shape index (κ1) is 18.4. The van der Waals surface area contributed by atoms with Crippen LogP contribution in [0.1, 0.15) is 44.4 Å². The van der Waals surface area contributed by atoms with Gasteiger partial charge in [-0.3, -0.25) is 14.5 Å². The molecular weight excluding hydrogens is 389 g/mol. The van der Waals surface area contributed by atoms with Crippen LogP contribution in [0.25, 0.3) is 10.9 Å². The van der Waals surface area contributed by atoms with Gasteiger partial charge in [0.25, 0.3) is 11.8 Å². The number of imide groups is 1. The van der Waals surface area contributed by atoms with Crippen LogP contribution in [0.5, 0.6) is 0 Å². The molecule has 0 saturated carbocycles. The van der Waals surface area contributed by atoms with Crippen LogP contribution >= 0.6 is 11.5 Å². The Hall–Kier alpha value is -2.64. The molecule has 3 heterocycles. The predicted molar refractivity (Wildman–Crippen MR) is 110 cm³/mol. The van der Waals surface area contributed by atoms with Gasteiger partial charge in [0.15, 0.2) is 0 Å². The maximum atomic E-state index is 13.4. The lowest BCUT2D eigenvalue weighted by atomic mass is 9.93. The zero-order valence-corrected chi connectivity index (χ0v) is 16.6. The highest BCUT2D eigenvalue weighted by Gasteiger charge is 2.35. The van der Waals surface area contributed by atoms with Crippen LogP contribution in [0.3, 0.4) is 0 Å². The molecule has 0 aliphatic carbocycles. The van der Waals surface area contributed by atoms with Crippen LogP contribution in [-0.2, 0) is 0 Å². The summed E-state index contributed by atoms with van der Waals surface area (Å²) in [6.45, 7) is 2.93. The number of likely N-dealkylation sites (tertiary alicyclic amines) is 1. The van der Waals surface area contributed by atoms with Gasteiger partial charge in [-0.2, -0.15) is 4.37 Å². The number of fused-ring (bicyclic) bond motifs is 2. The lowest BCUT2D eigenvalue weighted by Crippen LogP contribution is -2.41. The van der Waals surface area contributed by atoms with Crippen molar-refractivity contribution in [3.05, 3.63) is 64.3 Å². The Labute approximate surface area is 171 Å². The fourth-order valence-electron chi connectivity index (χ4n) is 4.33. The van der Waals surface area contributed by atoms with E-state index >= 15 is 0 Å². The second-order valence-corrected chi connectivity index (χ2v) is 8.44. The summed E-state index contributed by atoms with van der Waals surface area (Å²) in [7, 11) is 0. The van der Waals surface area contributed by atoms with Crippen LogP contribution in [0.15, 0.2) is 42.5 Å². The van der Waals surface area contributed by atoms with E-state index < -0.39 is 0 Å². The number of aromatic nitrogens is 1. The third-order valence-electron chi connectivity index (χ3n) is 5.94. The molecule has 0 bridgehead atoms. The van der Waals surface area contributed by atoms with Crippen molar-refractivity contribution in [1.82, 2.24) is 14.2 Å². The summed E-state index contributed by atoms with van der Waals surface area (Å²) in [5.74, 6) is -0.212. The third-order valence-corrected chi connectivity index (χ3v) is 6.98. The molecule has 1 saturated heterocycles. The Morgan fingerprint density at radius 2 is 1.69 bits per heavy atom. The molecule has 2 amide bonds. The number of halogens is 1. The number of hydrogen-bond donors (Lipinski definition) is 0. The Balaban J connectivity index is 1.20. The normalized spacial score (nSPS) is 18.0. The Bertz CT molecular complexity index is 1070. The van der Waals surface area contributed by atoms with Crippen molar-refractivity contribution in [3.8, 4) is 0 Å². The van der Waals surface area contributed by atoms with Crippen LogP contribution in [-0.4, -0.2) is 52.2 Å². The SMILES string of the molecule is O=C1c2ccccc2C(=O)N1CCN1CCC(c2snc3cc(F)ccc23)CC1. The van der Waals surface area contributed by atoms with E-state index in [1.807, 2.05) is 6.07 Å². The first-order valence-electron chi connectivity index (χ1n) is 9.84. The summed E-state index contributed by atoms with van der Waals surface area (Å²) in [6.07, 6.45) is 1.99. The number of rotatable bonds is 4. The number of carbonyl (C=O) groups excluding carboxylic acids is 2. The molecule has 5 nitrogen and oxygen atoms in total. The molecule has 29 heavy (non-hydrogen) atoms. The van der Waals surface area contributed by atoms with Crippen molar-refractivity contribution in [2.45, 2.75) is 18.8 Å². The molecule has 7 heteroatoms. The first-order valence-corrected chi connectivity index (χ1v) is 10.6. The van der Waals surface area contributed by atoms with Crippen molar-refractivity contribution in [2.75, 3.05) is 26.2 Å². The minimum absolute atomic E-state index is 0.191. The zero-order valence-electron chi connectivity index (χ0n) is 15.8. The van der Waals surface area contributed by atoms with Gasteiger partial charge in [0.1, 0.15) is 5.82 Å². The van der Waals surface area contributed by atoms with Crippen LogP contribution in [0.2, 0.25) is 0 Å². The number of amides is 2. The maximum absolute atomic E-state index is 13.4. The lowest BCUT2D eigenvalue weighted by Gasteiger charge is -2.32. The maximum Gasteiger partial charge on any atom is 0.261 e. The smallest absolute Gasteiger partial charge is 0.261 e. The average Bonchev–Trinajstić information content (AvgIpc) is 3.26. The van der Waals surface area contributed by atoms with E-state index in [-0.39, 0.29) is 17.6 Å². The highest BCUT2D eigenvalue weighted by molar-refractivity contribution is 7.07. The monoisotopic (exact) mass is 409 g/mol. The van der Waals surface area contributed by atoms with Gasteiger partial charge in [-0.05, 0) is 67.6 Å². The van der Waals surface area contributed by atoms with E-state index in [2.05, 4.69) is 9.27 Å². The fraction of sp³-hybridized carbons (Fsp3) is 0.318. The molecule has 2 aromatic carbocycles. The number of piperidine rings is 1. The van der Waals surface area contributed by atoms with Gasteiger partial charge in [-0.1, -0.05) is 12.1 Å². The van der Waals surface area contributed by atoms with E-state index in [9.17, 15) is 14.0 Å². The van der Waals surface area contributed by atoms with Crippen molar-refractivity contribution in [2.24, 2.45) is 0 Å². The largest absolute Gasteiger partial charge is 0.302 e. The molecular formula is C22H20FN3O2S. The number of carbonyl (C=O) groups is 2. The molecule has 1 fully saturated rings. The van der Waals surface area contributed by atoms with Gasteiger partial charge in [0.2, 0.25) is 0 Å². The van der Waals surface area contributed by atoms with E-state index in [0.717, 1.165) is 36.8 Å². The highest BCUT2D eigenvalue weighted by Crippen LogP contribution is 2.36. The molecule has 1 aromatic heterocycles. The molecule has 0 unspecified atom stereocenters. The molecule has 2 aliphatic rings. The van der Waals surface area contributed by atoms with Crippen LogP contribution in [0.4, 0.5) is 4.39 Å². The second-order valence-electron chi connectivity index (χ2n) is 7.63. The Morgan fingerprint density at radius 3 is 2.38 bits per heavy atom. The third kappa shape index (κ3) is 3.24. The van der Waals surface area contributed by atoms with E-state index in [4.69, 9.17) is 0 Å². The summed E-state index contributed by atoms with van der Waals surface area (Å²) < 4.78 is 17.8. The minimum Gasteiger partial charge on any atom is -0.302 e. The Kier molecular flexibility index (Phi) is 4.64. The number of hydrogen-bond acceptors (Lipinski definition) is 5. The van der Waals surface area contributed by atoms with Crippen LogP contribution < -0.4 is 0 Å². The van der Waals surface area contributed by atoms with Crippen LogP contribution in [0, 0.1) is 5.82 Å². The predicted octanol–water partition coefficient (Wildman–Crippen LogP) is 3.91. The molecule has 0 N–H and O–H groups in total. The molecule has 5 rings (SSSR count). The zero-order chi connectivity index (χ0) is 20.0. The van der Waals surface area contributed by atoms with Gasteiger partial charge >= 0.3 is 0 Å². The summed E-state index contributed by atoms with van der Waals surface area (Å²) in [4.78, 5) is 29.9. The first-order chi connectivity index (χ1) is 14.1. The summed E-state index contributed by atoms with van der Waals surface area (Å²) >= 11 is 1.47. The summed E-state index contributed by atoms with van der Waals surface area (Å²) in [6, 6.07) is 11.8. The molecule has 148 valence electrons. The average molecular weight is 409 g/mol. The highest BCUT2D eigenvalue weighted by atomic mass is 32.1. The molecule has 0 spiro atoms. The van der Waals surface area contributed by atoms with E-state index in [1.54, 1.807) is 24.3 Å².